The van der Waals surface area contributed by atoms with Crippen LogP contribution in [0.3, 0.4) is 0 Å². The first-order chi connectivity index (χ1) is 10.9. The maximum absolute atomic E-state index is 11.4. The Morgan fingerprint density at radius 1 is 1.04 bits per heavy atom. The summed E-state index contributed by atoms with van der Waals surface area (Å²) in [4.78, 5) is 22.5. The molecular formula is C17H14BrClO4. The fourth-order valence-electron chi connectivity index (χ4n) is 2.41. The molecule has 2 aromatic carbocycles. The van der Waals surface area contributed by atoms with Gasteiger partial charge in [-0.1, -0.05) is 45.7 Å². The van der Waals surface area contributed by atoms with Crippen molar-refractivity contribution in [3.63, 3.8) is 0 Å². The molecule has 0 aliphatic rings. The van der Waals surface area contributed by atoms with Gasteiger partial charge in [-0.2, -0.15) is 0 Å². The smallest absolute Gasteiger partial charge is 0.336 e. The maximum atomic E-state index is 11.4. The SMILES string of the molecule is O=C(O)c1ccc(Cc2cccc(Cl)c2CCBr)c(C(=O)O)c1. The number of halogens is 2. The monoisotopic (exact) mass is 396 g/mol. The number of carbonyl (C=O) groups is 2. The lowest BCUT2D eigenvalue weighted by atomic mass is 9.94. The lowest BCUT2D eigenvalue weighted by Gasteiger charge is -2.13. The Balaban J connectivity index is 2.46. The first-order valence-corrected chi connectivity index (χ1v) is 8.35. The zero-order valence-corrected chi connectivity index (χ0v) is 14.4. The zero-order valence-electron chi connectivity index (χ0n) is 12.1. The normalized spacial score (nSPS) is 10.5. The minimum absolute atomic E-state index is 0.00494. The first-order valence-electron chi connectivity index (χ1n) is 6.85. The molecule has 23 heavy (non-hydrogen) atoms. The van der Waals surface area contributed by atoms with Crippen molar-refractivity contribution in [2.75, 3.05) is 5.33 Å². The van der Waals surface area contributed by atoms with E-state index in [1.54, 1.807) is 12.1 Å². The van der Waals surface area contributed by atoms with E-state index in [9.17, 15) is 14.7 Å². The number of hydrogen-bond donors (Lipinski definition) is 2. The van der Waals surface area contributed by atoms with Crippen LogP contribution in [0, 0.1) is 0 Å². The molecule has 2 rings (SSSR count). The Morgan fingerprint density at radius 2 is 1.78 bits per heavy atom. The van der Waals surface area contributed by atoms with Gasteiger partial charge in [-0.05, 0) is 47.7 Å². The highest BCUT2D eigenvalue weighted by Crippen LogP contribution is 2.25. The van der Waals surface area contributed by atoms with Gasteiger partial charge in [-0.3, -0.25) is 0 Å². The Morgan fingerprint density at radius 3 is 2.39 bits per heavy atom. The third-order valence-electron chi connectivity index (χ3n) is 3.53. The van der Waals surface area contributed by atoms with E-state index in [2.05, 4.69) is 15.9 Å². The zero-order chi connectivity index (χ0) is 17.0. The third-order valence-corrected chi connectivity index (χ3v) is 4.28. The van der Waals surface area contributed by atoms with Crippen LogP contribution in [0.15, 0.2) is 36.4 Å². The van der Waals surface area contributed by atoms with E-state index in [1.165, 1.54) is 12.1 Å². The molecule has 0 amide bonds. The highest BCUT2D eigenvalue weighted by molar-refractivity contribution is 9.09. The highest BCUT2D eigenvalue weighted by atomic mass is 79.9. The summed E-state index contributed by atoms with van der Waals surface area (Å²) in [6, 6.07) is 9.68. The molecule has 0 radical (unpaired) electrons. The van der Waals surface area contributed by atoms with Crippen molar-refractivity contribution >= 4 is 39.5 Å². The summed E-state index contributed by atoms with van der Waals surface area (Å²) in [5.41, 5.74) is 2.40. The van der Waals surface area contributed by atoms with Gasteiger partial charge in [0.2, 0.25) is 0 Å². The Labute approximate surface area is 146 Å². The van der Waals surface area contributed by atoms with Gasteiger partial charge >= 0.3 is 11.9 Å². The van der Waals surface area contributed by atoms with Crippen LogP contribution < -0.4 is 0 Å². The van der Waals surface area contributed by atoms with E-state index in [4.69, 9.17) is 16.7 Å². The summed E-state index contributed by atoms with van der Waals surface area (Å²) >= 11 is 9.61. The molecule has 0 fully saturated rings. The van der Waals surface area contributed by atoms with Crippen LogP contribution in [0.25, 0.3) is 0 Å². The van der Waals surface area contributed by atoms with Crippen LogP contribution in [0.2, 0.25) is 5.02 Å². The average Bonchev–Trinajstić information content (AvgIpc) is 2.50. The molecule has 0 aliphatic heterocycles. The Bertz CT molecular complexity index is 758. The van der Waals surface area contributed by atoms with Gasteiger partial charge in [0.05, 0.1) is 11.1 Å². The van der Waals surface area contributed by atoms with E-state index >= 15 is 0 Å². The molecule has 4 nitrogen and oxygen atoms in total. The standard InChI is InChI=1S/C17H14BrClO4/c18-7-6-13-10(2-1-3-15(13)19)8-11-4-5-12(16(20)21)9-14(11)17(22)23/h1-5,9H,6-8H2,(H,20,21)(H,22,23). The van der Waals surface area contributed by atoms with Gasteiger partial charge < -0.3 is 10.2 Å². The van der Waals surface area contributed by atoms with Gasteiger partial charge in [0.1, 0.15) is 0 Å². The number of carboxylic acid groups (broad SMARTS) is 2. The van der Waals surface area contributed by atoms with Crippen LogP contribution in [0.5, 0.6) is 0 Å². The van der Waals surface area contributed by atoms with Crippen molar-refractivity contribution in [3.05, 3.63) is 69.2 Å². The van der Waals surface area contributed by atoms with Crippen LogP contribution in [-0.2, 0) is 12.8 Å². The number of rotatable bonds is 6. The second kappa shape index (κ2) is 7.62. The van der Waals surface area contributed by atoms with E-state index in [0.717, 1.165) is 22.9 Å². The number of alkyl halides is 1. The van der Waals surface area contributed by atoms with Gasteiger partial charge in [0.25, 0.3) is 0 Å². The second-order valence-electron chi connectivity index (χ2n) is 4.98. The lowest BCUT2D eigenvalue weighted by Crippen LogP contribution is -2.08. The van der Waals surface area contributed by atoms with Crippen molar-refractivity contribution < 1.29 is 19.8 Å². The summed E-state index contributed by atoms with van der Waals surface area (Å²) < 4.78 is 0. The fraction of sp³-hybridized carbons (Fsp3) is 0.176. The summed E-state index contributed by atoms with van der Waals surface area (Å²) in [6.07, 6.45) is 1.11. The molecule has 2 N–H and O–H groups in total. The predicted molar refractivity (Wildman–Crippen MR) is 92.1 cm³/mol. The Kier molecular flexibility index (Phi) is 5.80. The molecule has 6 heteroatoms. The van der Waals surface area contributed by atoms with E-state index in [0.29, 0.717) is 17.0 Å². The van der Waals surface area contributed by atoms with Crippen molar-refractivity contribution in [2.45, 2.75) is 12.8 Å². The quantitative estimate of drug-likeness (QED) is 0.714. The molecular weight excluding hydrogens is 384 g/mol. The van der Waals surface area contributed by atoms with Gasteiger partial charge in [-0.15, -0.1) is 0 Å². The molecule has 0 unspecified atom stereocenters. The van der Waals surface area contributed by atoms with Crippen molar-refractivity contribution in [3.8, 4) is 0 Å². The predicted octanol–water partition coefficient (Wildman–Crippen LogP) is 4.26. The molecule has 0 aliphatic carbocycles. The summed E-state index contributed by atoms with van der Waals surface area (Å²) in [5.74, 6) is -2.30. The van der Waals surface area contributed by atoms with Crippen LogP contribution in [0.1, 0.15) is 37.4 Å². The van der Waals surface area contributed by atoms with Crippen molar-refractivity contribution in [1.29, 1.82) is 0 Å². The van der Waals surface area contributed by atoms with Crippen LogP contribution in [0.4, 0.5) is 0 Å². The maximum Gasteiger partial charge on any atom is 0.336 e. The van der Waals surface area contributed by atoms with Gasteiger partial charge in [0, 0.05) is 10.4 Å². The van der Waals surface area contributed by atoms with E-state index < -0.39 is 11.9 Å². The highest BCUT2D eigenvalue weighted by Gasteiger charge is 2.16. The molecule has 0 spiro atoms. The minimum atomic E-state index is -1.15. The molecule has 0 bridgehead atoms. The molecule has 0 heterocycles. The molecule has 120 valence electrons. The molecule has 0 saturated carbocycles. The summed E-state index contributed by atoms with van der Waals surface area (Å²) in [7, 11) is 0. The van der Waals surface area contributed by atoms with Crippen LogP contribution >= 0.6 is 27.5 Å². The first kappa shape index (κ1) is 17.5. The number of hydrogen-bond acceptors (Lipinski definition) is 2. The van der Waals surface area contributed by atoms with Crippen molar-refractivity contribution in [1.82, 2.24) is 0 Å². The molecule has 0 atom stereocenters. The summed E-state index contributed by atoms with van der Waals surface area (Å²) in [5, 5.41) is 19.7. The fourth-order valence-corrected chi connectivity index (χ4v) is 3.10. The molecule has 2 aromatic rings. The average molecular weight is 398 g/mol. The van der Waals surface area contributed by atoms with Gasteiger partial charge in [-0.25, -0.2) is 9.59 Å². The topological polar surface area (TPSA) is 74.6 Å². The number of aromatic carboxylic acids is 2. The third kappa shape index (κ3) is 4.12. The van der Waals surface area contributed by atoms with Crippen LogP contribution in [-0.4, -0.2) is 27.5 Å². The number of benzene rings is 2. The summed E-state index contributed by atoms with van der Waals surface area (Å²) in [6.45, 7) is 0. The minimum Gasteiger partial charge on any atom is -0.478 e. The van der Waals surface area contributed by atoms with Gasteiger partial charge in [0.15, 0.2) is 0 Å². The van der Waals surface area contributed by atoms with Crippen molar-refractivity contribution in [2.24, 2.45) is 0 Å². The Hall–Kier alpha value is -1.85. The van der Waals surface area contributed by atoms with E-state index in [1.807, 2.05) is 12.1 Å². The molecule has 0 aromatic heterocycles. The molecule has 0 saturated heterocycles. The van der Waals surface area contributed by atoms with E-state index in [-0.39, 0.29) is 11.1 Å². The lowest BCUT2D eigenvalue weighted by molar-refractivity contribution is 0.0695. The second-order valence-corrected chi connectivity index (χ2v) is 6.18. The largest absolute Gasteiger partial charge is 0.478 e. The number of carboxylic acids is 2.